The molecule has 2 heterocycles. The number of ether oxygens (including phenoxy) is 1. The zero-order chi connectivity index (χ0) is 25.9. The molecule has 0 unspecified atom stereocenters. The van der Waals surface area contributed by atoms with E-state index in [1.165, 1.54) is 19.2 Å². The van der Waals surface area contributed by atoms with Crippen LogP contribution in [0.1, 0.15) is 11.1 Å². The third kappa shape index (κ3) is 5.63. The molecule has 0 aliphatic rings. The Kier molecular flexibility index (Phi) is 7.81. The Labute approximate surface area is 216 Å². The van der Waals surface area contributed by atoms with Crippen molar-refractivity contribution < 1.29 is 23.1 Å². The summed E-state index contributed by atoms with van der Waals surface area (Å²) in [4.78, 5) is 11.4. The Bertz CT molecular complexity index is 1500. The lowest BCUT2D eigenvalue weighted by molar-refractivity contribution is -0.120. The van der Waals surface area contributed by atoms with Crippen LogP contribution in [-0.4, -0.2) is 49.0 Å². The highest BCUT2D eigenvalue weighted by atomic mass is 35.5. The third-order valence-corrected chi connectivity index (χ3v) is 8.47. The number of nitrogens with one attached hydrogen (secondary N) is 2. The Balaban J connectivity index is 1.65. The highest BCUT2D eigenvalue weighted by Crippen LogP contribution is 2.35. The van der Waals surface area contributed by atoms with Crippen molar-refractivity contribution in [1.82, 2.24) is 15.1 Å². The van der Waals surface area contributed by atoms with Crippen LogP contribution < -0.4 is 20.5 Å². The number of nitrogens with zero attached hydrogens (tertiary/aromatic N) is 2. The van der Waals surface area contributed by atoms with Crippen molar-refractivity contribution in [3.8, 4) is 5.75 Å². The predicted molar refractivity (Wildman–Crippen MR) is 139 cm³/mol. The molecule has 4 rings (SSSR count). The minimum atomic E-state index is -3.91. The topological polar surface area (TPSA) is 149 Å². The van der Waals surface area contributed by atoms with E-state index in [2.05, 4.69) is 15.1 Å². The molecule has 5 N–H and O–H groups in total. The van der Waals surface area contributed by atoms with E-state index >= 15 is 0 Å². The first kappa shape index (κ1) is 25.9. The molecule has 0 saturated heterocycles. The molecule has 0 aliphatic carbocycles. The zero-order valence-electron chi connectivity index (χ0n) is 19.1. The first-order chi connectivity index (χ1) is 17.2. The molecule has 0 fully saturated rings. The summed E-state index contributed by atoms with van der Waals surface area (Å²) in [6, 6.07) is 15.0. The number of sulfonamides is 1. The summed E-state index contributed by atoms with van der Waals surface area (Å²) >= 11 is 6.88. The lowest BCUT2D eigenvalue weighted by atomic mass is 10.1. The summed E-state index contributed by atoms with van der Waals surface area (Å²) in [6.45, 7) is 0.264. The number of primary amides is 1. The maximum atomic E-state index is 13.0. The number of aromatic nitrogens is 2. The first-order valence-electron chi connectivity index (χ1n) is 10.7. The average molecular weight is 550 g/mol. The fraction of sp³-hybridized carbons (Fsp3) is 0.217. The number of aliphatic hydroxyl groups is 1. The van der Waals surface area contributed by atoms with Crippen LogP contribution in [0.5, 0.6) is 5.75 Å². The monoisotopic (exact) mass is 549 g/mol. The number of methoxy groups -OCH3 is 1. The van der Waals surface area contributed by atoms with Gasteiger partial charge in [-0.2, -0.15) is 5.10 Å². The number of hydrogen-bond donors (Lipinski definition) is 4. The van der Waals surface area contributed by atoms with E-state index in [-0.39, 0.29) is 10.0 Å². The van der Waals surface area contributed by atoms with Crippen molar-refractivity contribution in [3.63, 3.8) is 0 Å². The smallest absolute Gasteiger partial charge is 0.272 e. The summed E-state index contributed by atoms with van der Waals surface area (Å²) in [5.41, 5.74) is 7.70. The van der Waals surface area contributed by atoms with Crippen molar-refractivity contribution in [2.45, 2.75) is 23.3 Å². The molecule has 13 heteroatoms. The second kappa shape index (κ2) is 10.8. The maximum Gasteiger partial charge on any atom is 0.272 e. The summed E-state index contributed by atoms with van der Waals surface area (Å²) in [5, 5.41) is 17.3. The Morgan fingerprint density at radius 1 is 1.22 bits per heavy atom. The molecule has 0 spiro atoms. The van der Waals surface area contributed by atoms with Crippen molar-refractivity contribution in [3.05, 3.63) is 70.1 Å². The van der Waals surface area contributed by atoms with E-state index in [0.29, 0.717) is 34.1 Å². The van der Waals surface area contributed by atoms with Crippen LogP contribution in [0.3, 0.4) is 0 Å². The number of rotatable bonds is 11. The normalized spacial score (nSPS) is 12.5. The lowest BCUT2D eigenvalue weighted by Crippen LogP contribution is -2.43. The van der Waals surface area contributed by atoms with Gasteiger partial charge in [0.1, 0.15) is 16.0 Å². The van der Waals surface area contributed by atoms with Gasteiger partial charge in [0.2, 0.25) is 5.91 Å². The predicted octanol–water partition coefficient (Wildman–Crippen LogP) is 2.54. The van der Waals surface area contributed by atoms with Gasteiger partial charge in [0.25, 0.3) is 10.0 Å². The second-order valence-electron chi connectivity index (χ2n) is 7.86. The van der Waals surface area contributed by atoms with E-state index in [1.807, 2.05) is 30.3 Å². The Hall–Kier alpha value is -3.16. The van der Waals surface area contributed by atoms with E-state index in [0.717, 1.165) is 22.5 Å². The molecule has 1 amide bonds. The van der Waals surface area contributed by atoms with Crippen molar-refractivity contribution in [2.24, 2.45) is 5.73 Å². The molecule has 10 nitrogen and oxygen atoms in total. The van der Waals surface area contributed by atoms with Crippen molar-refractivity contribution in [2.75, 3.05) is 18.4 Å². The van der Waals surface area contributed by atoms with Gasteiger partial charge < -0.3 is 15.6 Å². The highest BCUT2D eigenvalue weighted by molar-refractivity contribution is 7.94. The summed E-state index contributed by atoms with van der Waals surface area (Å²) in [6.07, 6.45) is 0. The van der Waals surface area contributed by atoms with Gasteiger partial charge in [0, 0.05) is 6.54 Å². The minimum absolute atomic E-state index is 0.0717. The van der Waals surface area contributed by atoms with Gasteiger partial charge in [-0.05, 0) is 35.4 Å². The van der Waals surface area contributed by atoms with Crippen molar-refractivity contribution >= 4 is 55.6 Å². The summed E-state index contributed by atoms with van der Waals surface area (Å²) in [7, 11) is -2.41. The molecule has 2 aromatic heterocycles. The number of aliphatic hydroxyl groups excluding tert-OH is 1. The molecule has 0 aliphatic heterocycles. The van der Waals surface area contributed by atoms with Gasteiger partial charge in [-0.1, -0.05) is 41.9 Å². The molecule has 0 radical (unpaired) electrons. The van der Waals surface area contributed by atoms with Crippen LogP contribution in [0.15, 0.2) is 58.8 Å². The summed E-state index contributed by atoms with van der Waals surface area (Å²) < 4.78 is 36.1. The van der Waals surface area contributed by atoms with Gasteiger partial charge in [0.15, 0.2) is 5.82 Å². The van der Waals surface area contributed by atoms with E-state index in [4.69, 9.17) is 22.1 Å². The maximum absolute atomic E-state index is 13.0. The fourth-order valence-electron chi connectivity index (χ4n) is 3.69. The number of fused-ring (bicyclic) bond motifs is 1. The first-order valence-corrected chi connectivity index (χ1v) is 13.4. The number of carbonyl (C=O) groups excluding carboxylic acids is 1. The average Bonchev–Trinajstić information content (AvgIpc) is 3.43. The van der Waals surface area contributed by atoms with Crippen LogP contribution in [0.4, 0.5) is 5.82 Å². The van der Waals surface area contributed by atoms with Crippen molar-refractivity contribution in [1.29, 1.82) is 0 Å². The molecular formula is C23H24ClN5O5S2. The fourth-order valence-corrected chi connectivity index (χ4v) is 6.18. The minimum Gasteiger partial charge on any atom is -0.496 e. The lowest BCUT2D eigenvalue weighted by Gasteiger charge is -2.13. The van der Waals surface area contributed by atoms with E-state index in [1.54, 1.807) is 16.8 Å². The quantitative estimate of drug-likeness (QED) is 0.224. The molecule has 2 aromatic carbocycles. The second-order valence-corrected chi connectivity index (χ2v) is 11.5. The number of halogens is 1. The number of nitrogens with two attached hydrogens (primary N) is 1. The van der Waals surface area contributed by atoms with Crippen LogP contribution in [0.2, 0.25) is 4.34 Å². The van der Waals surface area contributed by atoms with Crippen LogP contribution >= 0.6 is 22.9 Å². The van der Waals surface area contributed by atoms with Gasteiger partial charge >= 0.3 is 0 Å². The number of amides is 1. The molecule has 36 heavy (non-hydrogen) atoms. The Morgan fingerprint density at radius 3 is 2.64 bits per heavy atom. The number of benzene rings is 2. The van der Waals surface area contributed by atoms with Crippen LogP contribution in [-0.2, 0) is 27.9 Å². The number of thiophene rings is 1. The standard InChI is InChI=1S/C23H24ClN5O5S2/c1-34-18-7-3-6-17-21(18)23(28-36(32,33)20-9-8-19(24)35-20)27-29(17)12-15-5-2-4-14(10-15)11-26-16(13-30)22(25)31/h2-10,16,26,30H,11-13H2,1H3,(H2,25,31)(H,27,28)/t16-/m0/s1. The van der Waals surface area contributed by atoms with Gasteiger partial charge in [0.05, 0.1) is 35.5 Å². The van der Waals surface area contributed by atoms with Gasteiger partial charge in [-0.15, -0.1) is 11.3 Å². The molecule has 0 bridgehead atoms. The SMILES string of the molecule is COc1cccc2c1c(NS(=O)(=O)c1ccc(Cl)s1)nn2Cc1cccc(CN[C@@H](CO)C(N)=O)c1. The van der Waals surface area contributed by atoms with Gasteiger partial charge in [-0.25, -0.2) is 8.42 Å². The Morgan fingerprint density at radius 2 is 1.97 bits per heavy atom. The molecular weight excluding hydrogens is 526 g/mol. The highest BCUT2D eigenvalue weighted by Gasteiger charge is 2.23. The van der Waals surface area contributed by atoms with Crippen LogP contribution in [0.25, 0.3) is 10.9 Å². The largest absolute Gasteiger partial charge is 0.496 e. The number of carbonyl (C=O) groups is 1. The van der Waals surface area contributed by atoms with E-state index in [9.17, 15) is 18.3 Å². The van der Waals surface area contributed by atoms with E-state index < -0.39 is 28.6 Å². The van der Waals surface area contributed by atoms with Crippen LogP contribution in [0, 0.1) is 0 Å². The third-order valence-electron chi connectivity index (χ3n) is 5.41. The zero-order valence-corrected chi connectivity index (χ0v) is 21.5. The molecule has 4 aromatic rings. The number of hydrogen-bond acceptors (Lipinski definition) is 8. The molecule has 190 valence electrons. The summed E-state index contributed by atoms with van der Waals surface area (Å²) in [5.74, 6) is -0.0254. The number of anilines is 1. The van der Waals surface area contributed by atoms with Gasteiger partial charge in [-0.3, -0.25) is 19.5 Å². The molecule has 1 atom stereocenters. The molecule has 0 saturated carbocycles.